The van der Waals surface area contributed by atoms with Crippen molar-refractivity contribution in [1.29, 1.82) is 0 Å². The van der Waals surface area contributed by atoms with Crippen molar-refractivity contribution in [2.75, 3.05) is 0 Å². The van der Waals surface area contributed by atoms with Crippen LogP contribution in [0.3, 0.4) is 0 Å². The van der Waals surface area contributed by atoms with Crippen LogP contribution in [-0.2, 0) is 0 Å². The van der Waals surface area contributed by atoms with Crippen LogP contribution in [0, 0.1) is 5.92 Å². The lowest BCUT2D eigenvalue weighted by molar-refractivity contribution is 0.0929. The van der Waals surface area contributed by atoms with Crippen LogP contribution in [0.4, 0.5) is 0 Å². The molecule has 0 aliphatic carbocycles. The predicted molar refractivity (Wildman–Crippen MR) is 59.4 cm³/mol. The third kappa shape index (κ3) is 2.84. The molecule has 0 aromatic heterocycles. The van der Waals surface area contributed by atoms with Gasteiger partial charge in [-0.25, -0.2) is 0 Å². The fourth-order valence-corrected chi connectivity index (χ4v) is 1.50. The highest BCUT2D eigenvalue weighted by atomic mass is 16.1. The average molecular weight is 188 g/mol. The van der Waals surface area contributed by atoms with Crippen LogP contribution in [0.2, 0.25) is 0 Å². The van der Waals surface area contributed by atoms with Crippen molar-refractivity contribution in [1.82, 2.24) is 0 Å². The minimum absolute atomic E-state index is 0.0369. The van der Waals surface area contributed by atoms with E-state index in [-0.39, 0.29) is 11.7 Å². The Kier molecular flexibility index (Phi) is 3.63. The van der Waals surface area contributed by atoms with E-state index >= 15 is 0 Å². The lowest BCUT2D eigenvalue weighted by Crippen LogP contribution is -2.11. The van der Waals surface area contributed by atoms with Crippen LogP contribution in [0.5, 0.6) is 0 Å². The van der Waals surface area contributed by atoms with E-state index in [4.69, 9.17) is 0 Å². The van der Waals surface area contributed by atoms with Gasteiger partial charge < -0.3 is 0 Å². The summed E-state index contributed by atoms with van der Waals surface area (Å²) in [6.45, 7) is 7.72. The number of rotatable bonds is 4. The van der Waals surface area contributed by atoms with Crippen molar-refractivity contribution >= 4 is 5.78 Å². The zero-order valence-corrected chi connectivity index (χ0v) is 8.79. The maximum atomic E-state index is 11.8. The normalized spacial score (nSPS) is 12.1. The van der Waals surface area contributed by atoms with E-state index in [1.54, 1.807) is 0 Å². The molecule has 0 N–H and O–H groups in total. The van der Waals surface area contributed by atoms with Gasteiger partial charge in [0.15, 0.2) is 5.78 Å². The number of ketones is 1. The Hall–Kier alpha value is -1.37. The van der Waals surface area contributed by atoms with E-state index in [0.29, 0.717) is 0 Å². The van der Waals surface area contributed by atoms with Gasteiger partial charge in [-0.1, -0.05) is 42.8 Å². The molecule has 0 saturated heterocycles. The Labute approximate surface area is 85.5 Å². The number of Topliss-reactive ketones (excluding diaryl/α,β-unsaturated/α-hetero) is 1. The monoisotopic (exact) mass is 188 g/mol. The van der Waals surface area contributed by atoms with Crippen LogP contribution in [0.15, 0.2) is 42.5 Å². The highest BCUT2D eigenvalue weighted by Gasteiger charge is 2.14. The molecule has 0 saturated carbocycles. The first-order valence-corrected chi connectivity index (χ1v) is 4.85. The second-order valence-electron chi connectivity index (χ2n) is 3.79. The standard InChI is InChI=1S/C13H16O/c1-10(2)9-11(3)13(14)12-7-5-4-6-8-12/h4-8,11H,1,9H2,2-3H3. The van der Waals surface area contributed by atoms with Crippen LogP contribution in [0.25, 0.3) is 0 Å². The molecule has 0 radical (unpaired) electrons. The zero-order valence-electron chi connectivity index (χ0n) is 8.79. The van der Waals surface area contributed by atoms with Gasteiger partial charge >= 0.3 is 0 Å². The number of allylic oxidation sites excluding steroid dienone is 1. The summed E-state index contributed by atoms with van der Waals surface area (Å²) in [4.78, 5) is 11.8. The third-order valence-electron chi connectivity index (χ3n) is 2.16. The van der Waals surface area contributed by atoms with E-state index in [0.717, 1.165) is 17.6 Å². The van der Waals surface area contributed by atoms with Gasteiger partial charge in [-0.3, -0.25) is 4.79 Å². The Morgan fingerprint density at radius 2 is 1.93 bits per heavy atom. The van der Waals surface area contributed by atoms with Gasteiger partial charge in [-0.15, -0.1) is 6.58 Å². The largest absolute Gasteiger partial charge is 0.294 e. The lowest BCUT2D eigenvalue weighted by atomic mass is 9.94. The van der Waals surface area contributed by atoms with Crippen molar-refractivity contribution in [3.63, 3.8) is 0 Å². The molecule has 0 fully saturated rings. The summed E-state index contributed by atoms with van der Waals surface area (Å²) in [5.41, 5.74) is 1.85. The SMILES string of the molecule is C=C(C)CC(C)C(=O)c1ccccc1. The van der Waals surface area contributed by atoms with Crippen molar-refractivity contribution in [2.45, 2.75) is 20.3 Å². The maximum absolute atomic E-state index is 11.8. The van der Waals surface area contributed by atoms with E-state index < -0.39 is 0 Å². The van der Waals surface area contributed by atoms with Crippen molar-refractivity contribution in [3.05, 3.63) is 48.0 Å². The molecule has 1 heteroatoms. The minimum Gasteiger partial charge on any atom is -0.294 e. The van der Waals surface area contributed by atoms with Gasteiger partial charge in [0.1, 0.15) is 0 Å². The Morgan fingerprint density at radius 3 is 2.43 bits per heavy atom. The summed E-state index contributed by atoms with van der Waals surface area (Å²) in [6, 6.07) is 9.41. The molecule has 1 nitrogen and oxygen atoms in total. The number of carbonyl (C=O) groups is 1. The summed E-state index contributed by atoms with van der Waals surface area (Å²) in [6.07, 6.45) is 0.772. The Balaban J connectivity index is 2.71. The molecule has 0 spiro atoms. The van der Waals surface area contributed by atoms with E-state index in [1.807, 2.05) is 44.2 Å². The smallest absolute Gasteiger partial charge is 0.165 e. The summed E-state index contributed by atoms with van der Waals surface area (Å²) < 4.78 is 0. The van der Waals surface area contributed by atoms with E-state index in [2.05, 4.69) is 6.58 Å². The summed E-state index contributed by atoms with van der Waals surface area (Å²) >= 11 is 0. The number of hydrogen-bond acceptors (Lipinski definition) is 1. The molecule has 0 aliphatic heterocycles. The van der Waals surface area contributed by atoms with Crippen molar-refractivity contribution < 1.29 is 4.79 Å². The van der Waals surface area contributed by atoms with Crippen LogP contribution in [-0.4, -0.2) is 5.78 Å². The van der Waals surface area contributed by atoms with Gasteiger partial charge in [0, 0.05) is 11.5 Å². The molecular formula is C13H16O. The third-order valence-corrected chi connectivity index (χ3v) is 2.16. The van der Waals surface area contributed by atoms with Gasteiger partial charge in [0.2, 0.25) is 0 Å². The molecule has 0 bridgehead atoms. The molecule has 0 aliphatic rings. The summed E-state index contributed by atoms with van der Waals surface area (Å²) in [5, 5.41) is 0. The van der Waals surface area contributed by atoms with Gasteiger partial charge in [-0.05, 0) is 13.3 Å². The molecule has 0 heterocycles. The highest BCUT2D eigenvalue weighted by Crippen LogP contribution is 2.15. The Morgan fingerprint density at radius 1 is 1.36 bits per heavy atom. The highest BCUT2D eigenvalue weighted by molar-refractivity contribution is 5.97. The number of carbonyl (C=O) groups excluding carboxylic acids is 1. The topological polar surface area (TPSA) is 17.1 Å². The fourth-order valence-electron chi connectivity index (χ4n) is 1.50. The first kappa shape index (κ1) is 10.7. The second kappa shape index (κ2) is 4.75. The van der Waals surface area contributed by atoms with Crippen LogP contribution < -0.4 is 0 Å². The molecule has 1 atom stereocenters. The van der Waals surface area contributed by atoms with Gasteiger partial charge in [-0.2, -0.15) is 0 Å². The Bertz CT molecular complexity index is 324. The molecule has 0 amide bonds. The molecule has 1 aromatic rings. The number of benzene rings is 1. The minimum atomic E-state index is 0.0369. The molecule has 1 aromatic carbocycles. The maximum Gasteiger partial charge on any atom is 0.165 e. The molecule has 1 unspecified atom stereocenters. The zero-order chi connectivity index (χ0) is 10.6. The lowest BCUT2D eigenvalue weighted by Gasteiger charge is -2.09. The van der Waals surface area contributed by atoms with E-state index in [1.165, 1.54) is 0 Å². The molecular weight excluding hydrogens is 172 g/mol. The van der Waals surface area contributed by atoms with Crippen molar-refractivity contribution in [3.8, 4) is 0 Å². The quantitative estimate of drug-likeness (QED) is 0.522. The first-order chi connectivity index (χ1) is 6.61. The van der Waals surface area contributed by atoms with Gasteiger partial charge in [0.25, 0.3) is 0 Å². The predicted octanol–water partition coefficient (Wildman–Crippen LogP) is 3.47. The number of hydrogen-bond donors (Lipinski definition) is 0. The average Bonchev–Trinajstić information content (AvgIpc) is 2.17. The molecule has 74 valence electrons. The fraction of sp³-hybridized carbons (Fsp3) is 0.308. The molecule has 1 rings (SSSR count). The van der Waals surface area contributed by atoms with E-state index in [9.17, 15) is 4.79 Å². The van der Waals surface area contributed by atoms with Gasteiger partial charge in [0.05, 0.1) is 0 Å². The summed E-state index contributed by atoms with van der Waals surface area (Å²) in [7, 11) is 0. The van der Waals surface area contributed by atoms with Crippen molar-refractivity contribution in [2.24, 2.45) is 5.92 Å². The molecule has 14 heavy (non-hydrogen) atoms. The second-order valence-corrected chi connectivity index (χ2v) is 3.79. The van der Waals surface area contributed by atoms with Crippen LogP contribution >= 0.6 is 0 Å². The summed E-state index contributed by atoms with van der Waals surface area (Å²) in [5.74, 6) is 0.239. The van der Waals surface area contributed by atoms with Crippen LogP contribution in [0.1, 0.15) is 30.6 Å². The first-order valence-electron chi connectivity index (χ1n) is 4.85.